The number of rotatable bonds is 3. The second-order valence-corrected chi connectivity index (χ2v) is 5.25. The zero-order valence-electron chi connectivity index (χ0n) is 10.4. The Morgan fingerprint density at radius 1 is 1.41 bits per heavy atom. The van der Waals surface area contributed by atoms with Gasteiger partial charge in [-0.15, -0.1) is 0 Å². The number of carbonyl (C=O) groups excluding carboxylic acids is 1. The topological polar surface area (TPSA) is 40.5 Å². The fourth-order valence-electron chi connectivity index (χ4n) is 2.21. The molecule has 17 heavy (non-hydrogen) atoms. The number of β-amino-alcohol motifs (C(OH)–C–C–N with tert-alkyl or cyclic N) is 1. The van der Waals surface area contributed by atoms with E-state index in [0.29, 0.717) is 13.1 Å². The number of ketones is 1. The number of benzene rings is 1. The first-order valence-corrected chi connectivity index (χ1v) is 6.01. The van der Waals surface area contributed by atoms with E-state index in [-0.39, 0.29) is 5.78 Å². The predicted octanol–water partition coefficient (Wildman–Crippen LogP) is 1.63. The molecule has 0 amide bonds. The average Bonchev–Trinajstić information content (AvgIpc) is 2.59. The second-order valence-electron chi connectivity index (χ2n) is 5.25. The highest BCUT2D eigenvalue weighted by molar-refractivity contribution is 5.97. The van der Waals surface area contributed by atoms with E-state index in [2.05, 4.69) is 0 Å². The molecule has 1 fully saturated rings. The summed E-state index contributed by atoms with van der Waals surface area (Å²) in [7, 11) is 0. The molecule has 3 heteroatoms. The smallest absolute Gasteiger partial charge is 0.176 e. The molecular weight excluding hydrogens is 214 g/mol. The quantitative estimate of drug-likeness (QED) is 0.807. The fourth-order valence-corrected chi connectivity index (χ4v) is 2.21. The van der Waals surface area contributed by atoms with Crippen molar-refractivity contribution >= 4 is 5.78 Å². The van der Waals surface area contributed by atoms with Gasteiger partial charge in [-0.05, 0) is 20.3 Å². The normalized spacial score (nSPS) is 25.1. The van der Waals surface area contributed by atoms with Gasteiger partial charge in [-0.25, -0.2) is 0 Å². The van der Waals surface area contributed by atoms with E-state index in [1.165, 1.54) is 0 Å². The van der Waals surface area contributed by atoms with Gasteiger partial charge >= 0.3 is 0 Å². The van der Waals surface area contributed by atoms with Crippen LogP contribution in [0.5, 0.6) is 0 Å². The maximum Gasteiger partial charge on any atom is 0.176 e. The average molecular weight is 233 g/mol. The Bertz CT molecular complexity index is 409. The van der Waals surface area contributed by atoms with Gasteiger partial charge in [0.25, 0.3) is 0 Å². The lowest BCUT2D eigenvalue weighted by atomic mass is 10.1. The van der Waals surface area contributed by atoms with Crippen LogP contribution >= 0.6 is 0 Å². The minimum absolute atomic E-state index is 0.128. The highest BCUT2D eigenvalue weighted by Gasteiger charge is 2.32. The van der Waals surface area contributed by atoms with Crippen molar-refractivity contribution in [2.24, 2.45) is 0 Å². The lowest BCUT2D eigenvalue weighted by Crippen LogP contribution is -2.33. The van der Waals surface area contributed by atoms with Crippen molar-refractivity contribution < 1.29 is 9.90 Å². The van der Waals surface area contributed by atoms with Crippen LogP contribution in [0.15, 0.2) is 24.3 Å². The molecule has 0 bridgehead atoms. The zero-order valence-corrected chi connectivity index (χ0v) is 10.4. The van der Waals surface area contributed by atoms with Gasteiger partial charge < -0.3 is 5.11 Å². The lowest BCUT2D eigenvalue weighted by Gasteiger charge is -2.18. The molecule has 92 valence electrons. The van der Waals surface area contributed by atoms with Crippen molar-refractivity contribution in [3.8, 4) is 0 Å². The van der Waals surface area contributed by atoms with E-state index < -0.39 is 5.60 Å². The van der Waals surface area contributed by atoms with Crippen molar-refractivity contribution in [3.63, 3.8) is 0 Å². The predicted molar refractivity (Wildman–Crippen MR) is 67.2 cm³/mol. The van der Waals surface area contributed by atoms with Crippen LogP contribution in [0, 0.1) is 6.92 Å². The van der Waals surface area contributed by atoms with Crippen LogP contribution in [-0.4, -0.2) is 41.0 Å². The molecule has 0 saturated carbocycles. The summed E-state index contributed by atoms with van der Waals surface area (Å²) in [4.78, 5) is 14.0. The molecular formula is C14H19NO2. The molecule has 1 aliphatic rings. The van der Waals surface area contributed by atoms with Crippen LogP contribution in [0.2, 0.25) is 0 Å². The third-order valence-electron chi connectivity index (χ3n) is 3.27. The van der Waals surface area contributed by atoms with Crippen molar-refractivity contribution in [3.05, 3.63) is 35.4 Å². The van der Waals surface area contributed by atoms with E-state index in [0.717, 1.165) is 24.1 Å². The summed E-state index contributed by atoms with van der Waals surface area (Å²) in [6.45, 7) is 5.61. The van der Waals surface area contributed by atoms with Crippen LogP contribution in [-0.2, 0) is 0 Å². The van der Waals surface area contributed by atoms with Crippen LogP contribution in [0.3, 0.4) is 0 Å². The number of nitrogens with zero attached hydrogens (tertiary/aromatic N) is 1. The molecule has 0 spiro atoms. The molecule has 1 saturated heterocycles. The van der Waals surface area contributed by atoms with E-state index in [1.807, 2.05) is 43.0 Å². The molecule has 3 nitrogen and oxygen atoms in total. The third-order valence-corrected chi connectivity index (χ3v) is 3.27. The van der Waals surface area contributed by atoms with Crippen LogP contribution in [0.25, 0.3) is 0 Å². The van der Waals surface area contributed by atoms with E-state index >= 15 is 0 Å². The zero-order chi connectivity index (χ0) is 12.5. The van der Waals surface area contributed by atoms with Gasteiger partial charge in [-0.2, -0.15) is 0 Å². The van der Waals surface area contributed by atoms with Crippen LogP contribution < -0.4 is 0 Å². The molecule has 1 aromatic rings. The summed E-state index contributed by atoms with van der Waals surface area (Å²) in [5, 5.41) is 9.83. The molecule has 0 radical (unpaired) electrons. The largest absolute Gasteiger partial charge is 0.389 e. The van der Waals surface area contributed by atoms with Gasteiger partial charge in [0.2, 0.25) is 0 Å². The van der Waals surface area contributed by atoms with Gasteiger partial charge in [-0.1, -0.05) is 29.8 Å². The highest BCUT2D eigenvalue weighted by Crippen LogP contribution is 2.20. The maximum absolute atomic E-state index is 12.0. The number of hydrogen-bond donors (Lipinski definition) is 1. The Morgan fingerprint density at radius 3 is 2.59 bits per heavy atom. The first kappa shape index (κ1) is 12.3. The number of aliphatic hydroxyl groups is 1. The Labute approximate surface area is 102 Å². The third kappa shape index (κ3) is 3.14. The SMILES string of the molecule is Cc1ccc(C(=O)CN2CCC(C)(O)C2)cc1. The molecule has 1 aromatic carbocycles. The van der Waals surface area contributed by atoms with Gasteiger partial charge in [0.1, 0.15) is 0 Å². The standard InChI is InChI=1S/C14H19NO2/c1-11-3-5-12(6-4-11)13(16)9-15-8-7-14(2,17)10-15/h3-6,17H,7-10H2,1-2H3. The summed E-state index contributed by atoms with van der Waals surface area (Å²) in [5.74, 6) is 0.128. The minimum Gasteiger partial charge on any atom is -0.389 e. The Morgan fingerprint density at radius 2 is 2.06 bits per heavy atom. The summed E-state index contributed by atoms with van der Waals surface area (Å²) in [5.41, 5.74) is 1.28. The molecule has 0 aliphatic carbocycles. The van der Waals surface area contributed by atoms with E-state index in [4.69, 9.17) is 0 Å². The summed E-state index contributed by atoms with van der Waals surface area (Å²) >= 11 is 0. The van der Waals surface area contributed by atoms with Crippen molar-refractivity contribution in [1.29, 1.82) is 0 Å². The minimum atomic E-state index is -0.631. The van der Waals surface area contributed by atoms with Crippen molar-refractivity contribution in [2.75, 3.05) is 19.6 Å². The number of Topliss-reactive ketones (excluding diaryl/α,β-unsaturated/α-hetero) is 1. The van der Waals surface area contributed by atoms with Crippen LogP contribution in [0.4, 0.5) is 0 Å². The van der Waals surface area contributed by atoms with Gasteiger partial charge in [0.15, 0.2) is 5.78 Å². The Hall–Kier alpha value is -1.19. The molecule has 0 aromatic heterocycles. The van der Waals surface area contributed by atoms with Gasteiger partial charge in [0, 0.05) is 18.7 Å². The second kappa shape index (κ2) is 4.59. The molecule has 2 rings (SSSR count). The summed E-state index contributed by atoms with van der Waals surface area (Å²) < 4.78 is 0. The summed E-state index contributed by atoms with van der Waals surface area (Å²) in [6, 6.07) is 7.64. The Balaban J connectivity index is 1.96. The van der Waals surface area contributed by atoms with E-state index in [9.17, 15) is 9.90 Å². The van der Waals surface area contributed by atoms with Crippen molar-refractivity contribution in [2.45, 2.75) is 25.9 Å². The van der Waals surface area contributed by atoms with Crippen molar-refractivity contribution in [1.82, 2.24) is 4.90 Å². The monoisotopic (exact) mass is 233 g/mol. The summed E-state index contributed by atoms with van der Waals surface area (Å²) in [6.07, 6.45) is 0.744. The van der Waals surface area contributed by atoms with Crippen LogP contribution in [0.1, 0.15) is 29.3 Å². The first-order chi connectivity index (χ1) is 7.96. The molecule has 1 aliphatic heterocycles. The van der Waals surface area contributed by atoms with E-state index in [1.54, 1.807) is 0 Å². The molecule has 1 unspecified atom stereocenters. The number of carbonyl (C=O) groups is 1. The number of likely N-dealkylation sites (tertiary alicyclic amines) is 1. The first-order valence-electron chi connectivity index (χ1n) is 6.01. The van der Waals surface area contributed by atoms with Gasteiger partial charge in [-0.3, -0.25) is 9.69 Å². The highest BCUT2D eigenvalue weighted by atomic mass is 16.3. The fraction of sp³-hybridized carbons (Fsp3) is 0.500. The molecule has 1 heterocycles. The number of aryl methyl sites for hydroxylation is 1. The Kier molecular flexibility index (Phi) is 3.31. The van der Waals surface area contributed by atoms with Gasteiger partial charge in [0.05, 0.1) is 12.1 Å². The number of hydrogen-bond acceptors (Lipinski definition) is 3. The lowest BCUT2D eigenvalue weighted by molar-refractivity contribution is 0.0669. The maximum atomic E-state index is 12.0. The molecule has 1 atom stereocenters. The molecule has 1 N–H and O–H groups in total.